The van der Waals surface area contributed by atoms with E-state index in [2.05, 4.69) is 11.1 Å². The first-order chi connectivity index (χ1) is 7.27. The van der Waals surface area contributed by atoms with Crippen LogP contribution >= 0.6 is 0 Å². The van der Waals surface area contributed by atoms with Gasteiger partial charge in [-0.2, -0.15) is 0 Å². The Bertz CT molecular complexity index is 497. The predicted molar refractivity (Wildman–Crippen MR) is 59.6 cm³/mol. The fourth-order valence-corrected chi connectivity index (χ4v) is 1.98. The maximum atomic E-state index is 9.92. The van der Waals surface area contributed by atoms with Gasteiger partial charge in [0.1, 0.15) is 0 Å². The SMILES string of the molecule is OC1(Cc2ccnc3ccccc23)CC1. The van der Waals surface area contributed by atoms with Crippen molar-refractivity contribution in [3.8, 4) is 0 Å². The molecular formula is C13H13NO. The second-order valence-electron chi connectivity index (χ2n) is 4.39. The number of hydrogen-bond acceptors (Lipinski definition) is 2. The van der Waals surface area contributed by atoms with Crippen LogP contribution in [0.15, 0.2) is 36.5 Å². The second-order valence-corrected chi connectivity index (χ2v) is 4.39. The van der Waals surface area contributed by atoms with Gasteiger partial charge in [-0.1, -0.05) is 18.2 Å². The van der Waals surface area contributed by atoms with Gasteiger partial charge in [0.15, 0.2) is 0 Å². The lowest BCUT2D eigenvalue weighted by Gasteiger charge is -2.09. The molecule has 1 aliphatic carbocycles. The smallest absolute Gasteiger partial charge is 0.0704 e. The summed E-state index contributed by atoms with van der Waals surface area (Å²) in [6.07, 6.45) is 4.45. The monoisotopic (exact) mass is 199 g/mol. The zero-order chi connectivity index (χ0) is 10.3. The van der Waals surface area contributed by atoms with Crippen LogP contribution in [0.4, 0.5) is 0 Å². The standard InChI is InChI=1S/C13H13NO/c15-13(6-7-13)9-10-5-8-14-12-4-2-1-3-11(10)12/h1-5,8,15H,6-7,9H2. The molecule has 15 heavy (non-hydrogen) atoms. The number of nitrogens with zero attached hydrogens (tertiary/aromatic N) is 1. The lowest BCUT2D eigenvalue weighted by Crippen LogP contribution is -2.10. The van der Waals surface area contributed by atoms with E-state index in [1.54, 1.807) is 0 Å². The average molecular weight is 199 g/mol. The maximum absolute atomic E-state index is 9.92. The number of aliphatic hydroxyl groups is 1. The minimum Gasteiger partial charge on any atom is -0.390 e. The molecule has 1 saturated carbocycles. The molecule has 0 atom stereocenters. The molecule has 76 valence electrons. The van der Waals surface area contributed by atoms with E-state index in [0.717, 1.165) is 24.8 Å². The topological polar surface area (TPSA) is 33.1 Å². The Kier molecular flexibility index (Phi) is 1.80. The van der Waals surface area contributed by atoms with Gasteiger partial charge >= 0.3 is 0 Å². The molecule has 2 nitrogen and oxygen atoms in total. The summed E-state index contributed by atoms with van der Waals surface area (Å²) in [7, 11) is 0. The van der Waals surface area contributed by atoms with E-state index in [1.165, 1.54) is 10.9 Å². The molecule has 1 aromatic heterocycles. The summed E-state index contributed by atoms with van der Waals surface area (Å²) in [5, 5.41) is 11.1. The van der Waals surface area contributed by atoms with E-state index in [9.17, 15) is 5.11 Å². The highest BCUT2D eigenvalue weighted by molar-refractivity contribution is 5.81. The number of pyridine rings is 1. The van der Waals surface area contributed by atoms with Crippen LogP contribution in [-0.4, -0.2) is 15.7 Å². The molecule has 0 radical (unpaired) electrons. The van der Waals surface area contributed by atoms with Crippen molar-refractivity contribution in [2.24, 2.45) is 0 Å². The molecule has 1 aliphatic rings. The maximum Gasteiger partial charge on any atom is 0.0704 e. The van der Waals surface area contributed by atoms with Gasteiger partial charge in [-0.25, -0.2) is 0 Å². The number of para-hydroxylation sites is 1. The van der Waals surface area contributed by atoms with E-state index < -0.39 is 5.60 Å². The van der Waals surface area contributed by atoms with Crippen LogP contribution in [0.5, 0.6) is 0 Å². The quantitative estimate of drug-likeness (QED) is 0.805. The van der Waals surface area contributed by atoms with Crippen molar-refractivity contribution in [3.05, 3.63) is 42.1 Å². The van der Waals surface area contributed by atoms with E-state index in [0.29, 0.717) is 0 Å². The van der Waals surface area contributed by atoms with Crippen molar-refractivity contribution in [3.63, 3.8) is 0 Å². The van der Waals surface area contributed by atoms with E-state index in [-0.39, 0.29) is 0 Å². The Morgan fingerprint density at radius 2 is 2.00 bits per heavy atom. The molecule has 2 aromatic rings. The zero-order valence-corrected chi connectivity index (χ0v) is 8.48. The number of rotatable bonds is 2. The second kappa shape index (κ2) is 3.04. The summed E-state index contributed by atoms with van der Waals surface area (Å²) < 4.78 is 0. The summed E-state index contributed by atoms with van der Waals surface area (Å²) in [5.74, 6) is 0. The normalized spacial score (nSPS) is 17.9. The summed E-state index contributed by atoms with van der Waals surface area (Å²) in [6, 6.07) is 10.1. The van der Waals surface area contributed by atoms with Gasteiger partial charge in [-0.15, -0.1) is 0 Å². The number of fused-ring (bicyclic) bond motifs is 1. The van der Waals surface area contributed by atoms with Gasteiger partial charge in [0, 0.05) is 18.0 Å². The molecule has 3 rings (SSSR count). The lowest BCUT2D eigenvalue weighted by molar-refractivity contribution is 0.151. The Morgan fingerprint density at radius 3 is 2.80 bits per heavy atom. The summed E-state index contributed by atoms with van der Waals surface area (Å²) in [5.41, 5.74) is 1.80. The lowest BCUT2D eigenvalue weighted by atomic mass is 10.0. The van der Waals surface area contributed by atoms with E-state index in [1.807, 2.05) is 30.5 Å². The highest BCUT2D eigenvalue weighted by atomic mass is 16.3. The molecular weight excluding hydrogens is 186 g/mol. The highest BCUT2D eigenvalue weighted by Gasteiger charge is 2.40. The molecule has 0 spiro atoms. The molecule has 1 heterocycles. The Morgan fingerprint density at radius 1 is 1.20 bits per heavy atom. The highest BCUT2D eigenvalue weighted by Crippen LogP contribution is 2.39. The van der Waals surface area contributed by atoms with Gasteiger partial charge in [-0.05, 0) is 30.5 Å². The molecule has 0 amide bonds. The van der Waals surface area contributed by atoms with Gasteiger partial charge in [0.25, 0.3) is 0 Å². The molecule has 1 aromatic carbocycles. The van der Waals surface area contributed by atoms with Crippen molar-refractivity contribution in [1.82, 2.24) is 4.98 Å². The van der Waals surface area contributed by atoms with Crippen LogP contribution in [-0.2, 0) is 6.42 Å². The van der Waals surface area contributed by atoms with Crippen LogP contribution in [0, 0.1) is 0 Å². The summed E-state index contributed by atoms with van der Waals surface area (Å²) in [6.45, 7) is 0. The van der Waals surface area contributed by atoms with Crippen molar-refractivity contribution in [2.75, 3.05) is 0 Å². The Hall–Kier alpha value is -1.41. The minimum absolute atomic E-state index is 0.426. The van der Waals surface area contributed by atoms with Crippen LogP contribution in [0.1, 0.15) is 18.4 Å². The first-order valence-electron chi connectivity index (χ1n) is 5.32. The Labute approximate surface area is 88.6 Å². The number of aromatic nitrogens is 1. The summed E-state index contributed by atoms with van der Waals surface area (Å²) >= 11 is 0. The van der Waals surface area contributed by atoms with Gasteiger partial charge in [-0.3, -0.25) is 4.98 Å². The molecule has 1 fully saturated rings. The largest absolute Gasteiger partial charge is 0.390 e. The third-order valence-electron chi connectivity index (χ3n) is 3.09. The van der Waals surface area contributed by atoms with E-state index in [4.69, 9.17) is 0 Å². The zero-order valence-electron chi connectivity index (χ0n) is 8.48. The molecule has 0 bridgehead atoms. The third kappa shape index (κ3) is 1.61. The Balaban J connectivity index is 2.09. The molecule has 0 unspecified atom stereocenters. The van der Waals surface area contributed by atoms with Crippen molar-refractivity contribution in [2.45, 2.75) is 24.9 Å². The van der Waals surface area contributed by atoms with Gasteiger partial charge in [0.2, 0.25) is 0 Å². The van der Waals surface area contributed by atoms with Crippen LogP contribution in [0.2, 0.25) is 0 Å². The fourth-order valence-electron chi connectivity index (χ4n) is 1.98. The van der Waals surface area contributed by atoms with Crippen LogP contribution in [0.25, 0.3) is 10.9 Å². The third-order valence-corrected chi connectivity index (χ3v) is 3.09. The molecule has 0 aliphatic heterocycles. The van der Waals surface area contributed by atoms with Gasteiger partial charge < -0.3 is 5.11 Å². The van der Waals surface area contributed by atoms with Crippen molar-refractivity contribution < 1.29 is 5.11 Å². The molecule has 2 heteroatoms. The average Bonchev–Trinajstić information content (AvgIpc) is 2.97. The van der Waals surface area contributed by atoms with Crippen molar-refractivity contribution >= 4 is 10.9 Å². The predicted octanol–water partition coefficient (Wildman–Crippen LogP) is 2.30. The number of benzene rings is 1. The fraction of sp³-hybridized carbons (Fsp3) is 0.308. The van der Waals surface area contributed by atoms with Crippen molar-refractivity contribution in [1.29, 1.82) is 0 Å². The van der Waals surface area contributed by atoms with Gasteiger partial charge in [0.05, 0.1) is 11.1 Å². The number of hydrogen-bond donors (Lipinski definition) is 1. The first-order valence-corrected chi connectivity index (χ1v) is 5.32. The molecule has 0 saturated heterocycles. The van der Waals surface area contributed by atoms with Crippen LogP contribution < -0.4 is 0 Å². The van der Waals surface area contributed by atoms with E-state index >= 15 is 0 Å². The minimum atomic E-state index is -0.426. The van der Waals surface area contributed by atoms with Crippen LogP contribution in [0.3, 0.4) is 0 Å². The molecule has 1 N–H and O–H groups in total. The first kappa shape index (κ1) is 8.86. The summed E-state index contributed by atoms with van der Waals surface area (Å²) in [4.78, 5) is 4.31.